The summed E-state index contributed by atoms with van der Waals surface area (Å²) in [6.45, 7) is 7.06. The molecular formula is C16H18N6O3. The fraction of sp³-hybridized carbons (Fsp3) is 0.312. The molecule has 0 aliphatic carbocycles. The van der Waals surface area contributed by atoms with Crippen LogP contribution in [0.2, 0.25) is 0 Å². The van der Waals surface area contributed by atoms with Gasteiger partial charge in [0.2, 0.25) is 5.91 Å². The molecule has 3 aromatic heterocycles. The van der Waals surface area contributed by atoms with E-state index < -0.39 is 11.9 Å². The summed E-state index contributed by atoms with van der Waals surface area (Å²) < 4.78 is 7.65. The number of carbonyl (C=O) groups excluding carboxylic acids is 1. The largest absolute Gasteiger partial charge is 0.360 e. The monoisotopic (exact) mass is 342 g/mol. The van der Waals surface area contributed by atoms with Crippen molar-refractivity contribution in [2.24, 2.45) is 0 Å². The Morgan fingerprint density at radius 1 is 1.20 bits per heavy atom. The van der Waals surface area contributed by atoms with E-state index >= 15 is 0 Å². The lowest BCUT2D eigenvalue weighted by molar-refractivity contribution is -0.119. The van der Waals surface area contributed by atoms with E-state index in [1.807, 2.05) is 19.9 Å². The van der Waals surface area contributed by atoms with Gasteiger partial charge in [-0.15, -0.1) is 5.10 Å². The highest BCUT2D eigenvalue weighted by Crippen LogP contribution is 2.12. The highest BCUT2D eigenvalue weighted by atomic mass is 16.5. The summed E-state index contributed by atoms with van der Waals surface area (Å²) in [5, 5.41) is 14.9. The van der Waals surface area contributed by atoms with E-state index in [0.29, 0.717) is 11.6 Å². The van der Waals surface area contributed by atoms with Crippen LogP contribution in [0.15, 0.2) is 33.6 Å². The SMILES string of the molecule is Cc1cc(C)n(-c2ccc(=O)n(C(C)C(=O)Nc3cc(C)on3)n2)n1. The van der Waals surface area contributed by atoms with Gasteiger partial charge in [0.25, 0.3) is 5.56 Å². The van der Waals surface area contributed by atoms with Gasteiger partial charge in [0.1, 0.15) is 11.8 Å². The van der Waals surface area contributed by atoms with Crippen LogP contribution in [0, 0.1) is 20.8 Å². The molecule has 0 bridgehead atoms. The van der Waals surface area contributed by atoms with Crippen molar-refractivity contribution >= 4 is 11.7 Å². The molecule has 3 rings (SSSR count). The average molecular weight is 342 g/mol. The molecule has 0 radical (unpaired) electrons. The quantitative estimate of drug-likeness (QED) is 0.770. The minimum absolute atomic E-state index is 0.289. The molecule has 1 unspecified atom stereocenters. The molecule has 0 aliphatic heterocycles. The number of rotatable bonds is 4. The Morgan fingerprint density at radius 2 is 1.96 bits per heavy atom. The van der Waals surface area contributed by atoms with Gasteiger partial charge in [-0.05, 0) is 39.8 Å². The summed E-state index contributed by atoms with van der Waals surface area (Å²) in [6.07, 6.45) is 0. The van der Waals surface area contributed by atoms with Crippen LogP contribution >= 0.6 is 0 Å². The van der Waals surface area contributed by atoms with Crippen LogP contribution in [-0.2, 0) is 4.79 Å². The zero-order valence-electron chi connectivity index (χ0n) is 14.3. The molecular weight excluding hydrogens is 324 g/mol. The number of hydrogen-bond donors (Lipinski definition) is 1. The number of anilines is 1. The average Bonchev–Trinajstić information content (AvgIpc) is 3.12. The number of carbonyl (C=O) groups is 1. The zero-order chi connectivity index (χ0) is 18.1. The fourth-order valence-electron chi connectivity index (χ4n) is 2.43. The van der Waals surface area contributed by atoms with Gasteiger partial charge in [-0.1, -0.05) is 5.16 Å². The van der Waals surface area contributed by atoms with Gasteiger partial charge in [-0.2, -0.15) is 5.10 Å². The third kappa shape index (κ3) is 3.35. The van der Waals surface area contributed by atoms with Gasteiger partial charge in [0.15, 0.2) is 11.6 Å². The maximum atomic E-state index is 12.4. The van der Waals surface area contributed by atoms with E-state index in [-0.39, 0.29) is 11.4 Å². The number of nitrogens with zero attached hydrogens (tertiary/aromatic N) is 5. The summed E-state index contributed by atoms with van der Waals surface area (Å²) >= 11 is 0. The van der Waals surface area contributed by atoms with Crippen molar-refractivity contribution in [2.75, 3.05) is 5.32 Å². The molecule has 0 saturated carbocycles. The molecule has 9 nitrogen and oxygen atoms in total. The summed E-state index contributed by atoms with van der Waals surface area (Å²) in [5.74, 6) is 0.900. The van der Waals surface area contributed by atoms with Crippen molar-refractivity contribution < 1.29 is 9.32 Å². The number of amides is 1. The first-order chi connectivity index (χ1) is 11.8. The maximum Gasteiger partial charge on any atom is 0.267 e. The molecule has 1 amide bonds. The predicted molar refractivity (Wildman–Crippen MR) is 89.7 cm³/mol. The van der Waals surface area contributed by atoms with Crippen molar-refractivity contribution in [1.29, 1.82) is 0 Å². The number of aryl methyl sites for hydroxylation is 3. The molecule has 0 aromatic carbocycles. The maximum absolute atomic E-state index is 12.4. The molecule has 0 fully saturated rings. The molecule has 0 aliphatic rings. The molecule has 0 saturated heterocycles. The van der Waals surface area contributed by atoms with E-state index in [1.165, 1.54) is 6.07 Å². The van der Waals surface area contributed by atoms with Crippen LogP contribution in [0.4, 0.5) is 5.82 Å². The molecule has 0 spiro atoms. The lowest BCUT2D eigenvalue weighted by Crippen LogP contribution is -2.33. The fourth-order valence-corrected chi connectivity index (χ4v) is 2.43. The van der Waals surface area contributed by atoms with Crippen molar-refractivity contribution in [3.05, 3.63) is 51.8 Å². The molecule has 1 N–H and O–H groups in total. The number of aromatic nitrogens is 5. The highest BCUT2D eigenvalue weighted by molar-refractivity contribution is 5.92. The Labute approximate surface area is 143 Å². The Hall–Kier alpha value is -3.23. The summed E-state index contributed by atoms with van der Waals surface area (Å²) in [7, 11) is 0. The third-order valence-electron chi connectivity index (χ3n) is 3.66. The van der Waals surface area contributed by atoms with E-state index in [0.717, 1.165) is 16.1 Å². The molecule has 25 heavy (non-hydrogen) atoms. The minimum Gasteiger partial charge on any atom is -0.360 e. The predicted octanol–water partition coefficient (Wildman–Crippen LogP) is 1.54. The van der Waals surface area contributed by atoms with Gasteiger partial charge < -0.3 is 9.84 Å². The van der Waals surface area contributed by atoms with Gasteiger partial charge >= 0.3 is 0 Å². The van der Waals surface area contributed by atoms with Crippen LogP contribution in [0.25, 0.3) is 5.82 Å². The summed E-state index contributed by atoms with van der Waals surface area (Å²) in [4.78, 5) is 24.5. The Balaban J connectivity index is 1.90. The summed E-state index contributed by atoms with van der Waals surface area (Å²) in [5.41, 5.74) is 1.33. The van der Waals surface area contributed by atoms with E-state index in [2.05, 4.69) is 20.7 Å². The zero-order valence-corrected chi connectivity index (χ0v) is 14.3. The second-order valence-electron chi connectivity index (χ2n) is 5.80. The van der Waals surface area contributed by atoms with Crippen LogP contribution in [0.3, 0.4) is 0 Å². The number of hydrogen-bond acceptors (Lipinski definition) is 6. The molecule has 3 heterocycles. The van der Waals surface area contributed by atoms with Crippen molar-refractivity contribution in [1.82, 2.24) is 24.7 Å². The Bertz CT molecular complexity index is 984. The van der Waals surface area contributed by atoms with Gasteiger partial charge in [-0.25, -0.2) is 9.36 Å². The van der Waals surface area contributed by atoms with Gasteiger partial charge in [-0.3, -0.25) is 9.59 Å². The van der Waals surface area contributed by atoms with E-state index in [4.69, 9.17) is 4.52 Å². The van der Waals surface area contributed by atoms with E-state index in [9.17, 15) is 9.59 Å². The van der Waals surface area contributed by atoms with Crippen LogP contribution in [0.5, 0.6) is 0 Å². The third-order valence-corrected chi connectivity index (χ3v) is 3.66. The Morgan fingerprint density at radius 3 is 2.56 bits per heavy atom. The number of nitrogens with one attached hydrogen (secondary N) is 1. The standard InChI is InChI=1S/C16H18N6O3/c1-9-7-10(2)21(18-9)14-5-6-15(23)22(19-14)12(4)16(24)17-13-8-11(3)25-20-13/h5-8,12H,1-4H3,(H,17,20,24). The molecule has 9 heteroatoms. The first-order valence-electron chi connectivity index (χ1n) is 7.73. The van der Waals surface area contributed by atoms with Crippen LogP contribution in [0.1, 0.15) is 30.1 Å². The molecule has 1 atom stereocenters. The highest BCUT2D eigenvalue weighted by Gasteiger charge is 2.20. The van der Waals surface area contributed by atoms with Crippen molar-refractivity contribution in [3.8, 4) is 5.82 Å². The Kier molecular flexibility index (Phi) is 4.22. The van der Waals surface area contributed by atoms with E-state index in [1.54, 1.807) is 30.7 Å². The van der Waals surface area contributed by atoms with Crippen LogP contribution < -0.4 is 10.9 Å². The second-order valence-corrected chi connectivity index (χ2v) is 5.80. The topological polar surface area (TPSA) is 108 Å². The lowest BCUT2D eigenvalue weighted by atomic mass is 10.3. The lowest BCUT2D eigenvalue weighted by Gasteiger charge is -2.14. The first kappa shape index (κ1) is 16.6. The first-order valence-corrected chi connectivity index (χ1v) is 7.73. The minimum atomic E-state index is -0.832. The molecule has 130 valence electrons. The van der Waals surface area contributed by atoms with Gasteiger partial charge in [0, 0.05) is 17.8 Å². The second kappa shape index (κ2) is 6.34. The van der Waals surface area contributed by atoms with Gasteiger partial charge in [0.05, 0.1) is 5.69 Å². The summed E-state index contributed by atoms with van der Waals surface area (Å²) in [6, 6.07) is 5.60. The van der Waals surface area contributed by atoms with Crippen LogP contribution in [-0.4, -0.2) is 30.6 Å². The normalized spacial score (nSPS) is 12.2. The molecule has 3 aromatic rings. The van der Waals surface area contributed by atoms with Crippen molar-refractivity contribution in [3.63, 3.8) is 0 Å². The van der Waals surface area contributed by atoms with Crippen molar-refractivity contribution in [2.45, 2.75) is 33.7 Å². The smallest absolute Gasteiger partial charge is 0.267 e.